The van der Waals surface area contributed by atoms with Crippen LogP contribution in [0.1, 0.15) is 23.1 Å². The summed E-state index contributed by atoms with van der Waals surface area (Å²) in [6.45, 7) is 0.0891. The average molecular weight is 324 g/mol. The van der Waals surface area contributed by atoms with Crippen LogP contribution < -0.4 is 5.32 Å². The van der Waals surface area contributed by atoms with E-state index in [-0.39, 0.29) is 18.3 Å². The van der Waals surface area contributed by atoms with Crippen molar-refractivity contribution in [1.82, 2.24) is 10.2 Å². The third kappa shape index (κ3) is 2.37. The molecule has 0 aromatic heterocycles. The van der Waals surface area contributed by atoms with Gasteiger partial charge in [0, 0.05) is 6.42 Å². The third-order valence-electron chi connectivity index (χ3n) is 4.91. The first-order chi connectivity index (χ1) is 11.6. The van der Waals surface area contributed by atoms with Crippen LogP contribution in [0.25, 0.3) is 0 Å². The molecule has 4 rings (SSSR count). The molecule has 2 aromatic rings. The molecule has 3 amide bonds. The maximum absolute atomic E-state index is 13.3. The van der Waals surface area contributed by atoms with Crippen molar-refractivity contribution >= 4 is 11.9 Å². The van der Waals surface area contributed by atoms with Gasteiger partial charge in [0.25, 0.3) is 5.91 Å². The minimum absolute atomic E-state index is 0.0891. The fraction of sp³-hybridized carbons (Fsp3) is 0.263. The summed E-state index contributed by atoms with van der Waals surface area (Å²) >= 11 is 0. The Morgan fingerprint density at radius 2 is 1.88 bits per heavy atom. The quantitative estimate of drug-likeness (QED) is 0.864. The first-order valence-electron chi connectivity index (χ1n) is 8.03. The lowest BCUT2D eigenvalue weighted by atomic mass is 9.78. The molecule has 2 aliphatic rings. The summed E-state index contributed by atoms with van der Waals surface area (Å²) in [5.41, 5.74) is 2.07. The highest BCUT2D eigenvalue weighted by molar-refractivity contribution is 6.07. The van der Waals surface area contributed by atoms with Crippen molar-refractivity contribution in [2.45, 2.75) is 31.3 Å². The number of hydrogen-bond acceptors (Lipinski definition) is 2. The number of halogens is 1. The number of fused-ring (bicyclic) bond motifs is 1. The monoisotopic (exact) mass is 324 g/mol. The zero-order valence-electron chi connectivity index (χ0n) is 13.1. The molecule has 1 heterocycles. The van der Waals surface area contributed by atoms with E-state index in [0.717, 1.165) is 12.0 Å². The molecule has 1 fully saturated rings. The van der Waals surface area contributed by atoms with Gasteiger partial charge in [0.1, 0.15) is 11.4 Å². The number of nitrogens with one attached hydrogen (secondary N) is 1. The maximum atomic E-state index is 13.3. The number of hydrogen-bond donors (Lipinski definition) is 1. The second-order valence-electron chi connectivity index (χ2n) is 6.48. The second kappa shape index (κ2) is 5.44. The van der Waals surface area contributed by atoms with Gasteiger partial charge in [-0.15, -0.1) is 0 Å². The van der Waals surface area contributed by atoms with E-state index in [1.165, 1.54) is 22.6 Å². The first-order valence-corrected chi connectivity index (χ1v) is 8.03. The number of carbonyl (C=O) groups excluding carboxylic acids is 2. The van der Waals surface area contributed by atoms with Crippen molar-refractivity contribution < 1.29 is 14.0 Å². The molecule has 2 aromatic carbocycles. The zero-order valence-corrected chi connectivity index (χ0v) is 13.1. The predicted octanol–water partition coefficient (Wildman–Crippen LogP) is 2.81. The Labute approximate surface area is 139 Å². The van der Waals surface area contributed by atoms with Gasteiger partial charge < -0.3 is 5.32 Å². The van der Waals surface area contributed by atoms with Gasteiger partial charge in [-0.2, -0.15) is 0 Å². The minimum atomic E-state index is -0.862. The molecular weight excluding hydrogens is 307 g/mol. The van der Waals surface area contributed by atoms with Gasteiger partial charge in [-0.25, -0.2) is 9.18 Å². The molecule has 24 heavy (non-hydrogen) atoms. The Hall–Kier alpha value is -2.69. The van der Waals surface area contributed by atoms with Gasteiger partial charge in [0.2, 0.25) is 0 Å². The standard InChI is InChI=1S/C19H17FN2O2/c20-16-7-3-4-13(10-16)12-22-17(23)19(21-18(22)24)9-8-14-5-1-2-6-15(14)11-19/h1-7,10H,8-9,11-12H2,(H,21,24). The Morgan fingerprint density at radius 3 is 2.67 bits per heavy atom. The molecule has 4 nitrogen and oxygen atoms in total. The van der Waals surface area contributed by atoms with E-state index in [1.54, 1.807) is 12.1 Å². The molecule has 1 aliphatic carbocycles. The van der Waals surface area contributed by atoms with E-state index in [4.69, 9.17) is 0 Å². The number of aryl methyl sites for hydroxylation is 1. The van der Waals surface area contributed by atoms with Crippen molar-refractivity contribution in [3.8, 4) is 0 Å². The number of imide groups is 1. The fourth-order valence-electron chi connectivity index (χ4n) is 3.66. The van der Waals surface area contributed by atoms with Gasteiger partial charge in [0.05, 0.1) is 6.54 Å². The average Bonchev–Trinajstić information content (AvgIpc) is 2.79. The van der Waals surface area contributed by atoms with Crippen LogP contribution in [0, 0.1) is 5.82 Å². The second-order valence-corrected chi connectivity index (χ2v) is 6.48. The summed E-state index contributed by atoms with van der Waals surface area (Å²) < 4.78 is 13.3. The lowest BCUT2D eigenvalue weighted by Crippen LogP contribution is -2.51. The molecule has 1 atom stereocenters. The van der Waals surface area contributed by atoms with Crippen LogP contribution in [0.15, 0.2) is 48.5 Å². The number of carbonyl (C=O) groups is 2. The lowest BCUT2D eigenvalue weighted by molar-refractivity contribution is -0.132. The topological polar surface area (TPSA) is 49.4 Å². The van der Waals surface area contributed by atoms with Crippen LogP contribution in [-0.4, -0.2) is 22.4 Å². The SMILES string of the molecule is O=C1NC2(CCc3ccccc3C2)C(=O)N1Cc1cccc(F)c1. The van der Waals surface area contributed by atoms with Gasteiger partial charge in [-0.1, -0.05) is 36.4 Å². The van der Waals surface area contributed by atoms with E-state index < -0.39 is 11.6 Å². The maximum Gasteiger partial charge on any atom is 0.325 e. The number of urea groups is 1. The van der Waals surface area contributed by atoms with E-state index in [9.17, 15) is 14.0 Å². The van der Waals surface area contributed by atoms with E-state index in [0.29, 0.717) is 18.4 Å². The van der Waals surface area contributed by atoms with Gasteiger partial charge in [0.15, 0.2) is 0 Å². The van der Waals surface area contributed by atoms with Gasteiger partial charge >= 0.3 is 6.03 Å². The highest BCUT2D eigenvalue weighted by atomic mass is 19.1. The fourth-order valence-corrected chi connectivity index (χ4v) is 3.66. The molecule has 1 unspecified atom stereocenters. The van der Waals surface area contributed by atoms with Crippen molar-refractivity contribution in [1.29, 1.82) is 0 Å². The summed E-state index contributed by atoms with van der Waals surface area (Å²) in [7, 11) is 0. The summed E-state index contributed by atoms with van der Waals surface area (Å²) in [4.78, 5) is 26.5. The molecule has 1 spiro atoms. The number of amides is 3. The van der Waals surface area contributed by atoms with Crippen molar-refractivity contribution in [2.75, 3.05) is 0 Å². The highest BCUT2D eigenvalue weighted by Gasteiger charge is 2.52. The van der Waals surface area contributed by atoms with E-state index in [1.807, 2.05) is 18.2 Å². The normalized spacial score (nSPS) is 22.6. The summed E-state index contributed by atoms with van der Waals surface area (Å²) in [5.74, 6) is -0.591. The summed E-state index contributed by atoms with van der Waals surface area (Å²) in [6, 6.07) is 13.6. The number of nitrogens with zero attached hydrogens (tertiary/aromatic N) is 1. The molecule has 0 saturated carbocycles. The van der Waals surface area contributed by atoms with Crippen molar-refractivity contribution in [3.63, 3.8) is 0 Å². The van der Waals surface area contributed by atoms with Gasteiger partial charge in [-0.05, 0) is 41.7 Å². The van der Waals surface area contributed by atoms with Crippen LogP contribution in [0.4, 0.5) is 9.18 Å². The molecule has 0 bridgehead atoms. The smallest absolute Gasteiger partial charge is 0.323 e. The van der Waals surface area contributed by atoms with Gasteiger partial charge in [-0.3, -0.25) is 9.69 Å². The molecule has 1 aliphatic heterocycles. The summed E-state index contributed by atoms with van der Waals surface area (Å²) in [5, 5.41) is 2.89. The molecule has 1 saturated heterocycles. The van der Waals surface area contributed by atoms with Crippen LogP contribution in [0.2, 0.25) is 0 Å². The first kappa shape index (κ1) is 14.9. The molecule has 122 valence electrons. The van der Waals surface area contributed by atoms with Crippen LogP contribution in [0.3, 0.4) is 0 Å². The lowest BCUT2D eigenvalue weighted by Gasteiger charge is -2.32. The molecular formula is C19H17FN2O2. The molecule has 1 N–H and O–H groups in total. The third-order valence-corrected chi connectivity index (χ3v) is 4.91. The van der Waals surface area contributed by atoms with Crippen LogP contribution in [-0.2, 0) is 24.2 Å². The highest BCUT2D eigenvalue weighted by Crippen LogP contribution is 2.34. The van der Waals surface area contributed by atoms with Crippen molar-refractivity contribution in [2.24, 2.45) is 0 Å². The Balaban J connectivity index is 1.60. The predicted molar refractivity (Wildman–Crippen MR) is 86.7 cm³/mol. The van der Waals surface area contributed by atoms with Crippen molar-refractivity contribution in [3.05, 3.63) is 71.0 Å². The zero-order chi connectivity index (χ0) is 16.7. The summed E-state index contributed by atoms with van der Waals surface area (Å²) in [6.07, 6.45) is 1.86. The molecule has 0 radical (unpaired) electrons. The van der Waals surface area contributed by atoms with E-state index >= 15 is 0 Å². The largest absolute Gasteiger partial charge is 0.325 e. The Kier molecular flexibility index (Phi) is 3.37. The minimum Gasteiger partial charge on any atom is -0.323 e. The number of rotatable bonds is 2. The molecule has 5 heteroatoms. The Morgan fingerprint density at radius 1 is 1.08 bits per heavy atom. The number of benzene rings is 2. The Bertz CT molecular complexity index is 836. The van der Waals surface area contributed by atoms with Crippen LogP contribution in [0.5, 0.6) is 0 Å². The van der Waals surface area contributed by atoms with E-state index in [2.05, 4.69) is 11.4 Å². The van der Waals surface area contributed by atoms with Crippen LogP contribution >= 0.6 is 0 Å².